The highest BCUT2D eigenvalue weighted by molar-refractivity contribution is 7.87. The van der Waals surface area contributed by atoms with Crippen LogP contribution in [0.4, 0.5) is 6.01 Å². The second-order valence-corrected chi connectivity index (χ2v) is 9.12. The first-order chi connectivity index (χ1) is 15.1. The Morgan fingerprint density at radius 3 is 2.61 bits per heavy atom. The Labute approximate surface area is 182 Å². The number of primary amides is 1. The number of para-hydroxylation sites is 2. The smallest absolute Gasteiger partial charge is 0.295 e. The van der Waals surface area contributed by atoms with Gasteiger partial charge >= 0.3 is 0 Å². The van der Waals surface area contributed by atoms with Crippen LogP contribution in [0.3, 0.4) is 0 Å². The average Bonchev–Trinajstić information content (AvgIpc) is 3.22. The van der Waals surface area contributed by atoms with Crippen molar-refractivity contribution in [3.8, 4) is 5.75 Å². The number of aromatic nitrogens is 1. The molecule has 8 nitrogen and oxygen atoms in total. The molecule has 1 saturated heterocycles. The first kappa shape index (κ1) is 21.3. The van der Waals surface area contributed by atoms with Gasteiger partial charge in [-0.3, -0.25) is 9.00 Å². The summed E-state index contributed by atoms with van der Waals surface area (Å²) in [5.74, 6) is 0.128. The van der Waals surface area contributed by atoms with Gasteiger partial charge in [0, 0.05) is 24.7 Å². The van der Waals surface area contributed by atoms with Crippen molar-refractivity contribution in [1.29, 1.82) is 0 Å². The molecule has 1 aliphatic heterocycles. The lowest BCUT2D eigenvalue weighted by molar-refractivity contribution is -0.122. The van der Waals surface area contributed by atoms with Crippen LogP contribution in [0, 0.1) is 0 Å². The second kappa shape index (κ2) is 9.49. The molecule has 3 N–H and O–H groups in total. The highest BCUT2D eigenvalue weighted by Gasteiger charge is 2.45. The molecule has 0 aliphatic carbocycles. The summed E-state index contributed by atoms with van der Waals surface area (Å²) in [5, 5.41) is 3.14. The number of amides is 1. The van der Waals surface area contributed by atoms with Gasteiger partial charge in [-0.05, 0) is 55.7 Å². The molecule has 164 valence electrons. The number of carbonyl (C=O) groups is 1. The highest BCUT2D eigenvalue weighted by atomic mass is 32.2. The Balaban J connectivity index is 1.26. The van der Waals surface area contributed by atoms with Gasteiger partial charge in [-0.2, -0.15) is 4.98 Å². The van der Waals surface area contributed by atoms with Crippen molar-refractivity contribution in [2.75, 3.05) is 31.7 Å². The number of carbonyl (C=O) groups excluding carboxylic acids is 1. The molecule has 0 bridgehead atoms. The van der Waals surface area contributed by atoms with Crippen molar-refractivity contribution in [1.82, 2.24) is 4.98 Å². The number of nitrogens with zero attached hydrogens (tertiary/aromatic N) is 1. The summed E-state index contributed by atoms with van der Waals surface area (Å²) in [6, 6.07) is 15.1. The normalized spacial score (nSPS) is 16.6. The molecule has 9 heteroatoms. The average molecular weight is 444 g/mol. The number of oxazole rings is 1. The lowest BCUT2D eigenvalue weighted by Gasteiger charge is -2.33. The van der Waals surface area contributed by atoms with Crippen LogP contribution in [-0.2, 0) is 20.3 Å². The highest BCUT2D eigenvalue weighted by Crippen LogP contribution is 2.32. The fraction of sp³-hybridized carbons (Fsp3) is 0.364. The van der Waals surface area contributed by atoms with Crippen molar-refractivity contribution in [3.63, 3.8) is 0 Å². The quantitative estimate of drug-likeness (QED) is 0.488. The summed E-state index contributed by atoms with van der Waals surface area (Å²) < 4.78 is 28.7. The van der Waals surface area contributed by atoms with E-state index in [1.807, 2.05) is 24.3 Å². The molecule has 0 saturated carbocycles. The number of rotatable bonds is 9. The zero-order valence-electron chi connectivity index (χ0n) is 17.0. The van der Waals surface area contributed by atoms with E-state index >= 15 is 0 Å². The third kappa shape index (κ3) is 4.72. The van der Waals surface area contributed by atoms with Crippen molar-refractivity contribution in [3.05, 3.63) is 48.5 Å². The predicted molar refractivity (Wildman–Crippen MR) is 117 cm³/mol. The van der Waals surface area contributed by atoms with Crippen molar-refractivity contribution in [2.45, 2.75) is 28.9 Å². The van der Waals surface area contributed by atoms with Crippen LogP contribution in [0.2, 0.25) is 0 Å². The summed E-state index contributed by atoms with van der Waals surface area (Å²) in [7, 11) is -1.54. The molecule has 2 aromatic carbocycles. The minimum atomic E-state index is -1.54. The van der Waals surface area contributed by atoms with Crippen molar-refractivity contribution >= 4 is 33.8 Å². The predicted octanol–water partition coefficient (Wildman–Crippen LogP) is 2.85. The Kier molecular flexibility index (Phi) is 6.53. The van der Waals surface area contributed by atoms with Crippen LogP contribution in [0.15, 0.2) is 57.8 Å². The Bertz CT molecular complexity index is 1030. The minimum Gasteiger partial charge on any atom is -0.494 e. The molecule has 31 heavy (non-hydrogen) atoms. The molecule has 0 spiro atoms. The van der Waals surface area contributed by atoms with Gasteiger partial charge in [0.1, 0.15) is 16.0 Å². The Hall–Kier alpha value is -2.91. The number of hydrogen-bond acceptors (Lipinski definition) is 7. The first-order valence-corrected chi connectivity index (χ1v) is 11.4. The first-order valence-electron chi connectivity index (χ1n) is 10.2. The van der Waals surface area contributed by atoms with Crippen LogP contribution in [0.5, 0.6) is 5.75 Å². The maximum Gasteiger partial charge on any atom is 0.295 e. The molecule has 1 unspecified atom stereocenters. The maximum atomic E-state index is 13.1. The third-order valence-electron chi connectivity index (χ3n) is 5.30. The van der Waals surface area contributed by atoms with Crippen LogP contribution in [-0.4, -0.2) is 46.2 Å². The molecule has 1 amide bonds. The van der Waals surface area contributed by atoms with E-state index in [0.29, 0.717) is 55.9 Å². The number of nitrogens with two attached hydrogens (primary N) is 1. The van der Waals surface area contributed by atoms with Gasteiger partial charge in [0.15, 0.2) is 5.58 Å². The number of anilines is 1. The SMILES string of the molecule is NC(=O)C1(S(=O)c2ccc(OCCCNc3nc4ccccc4o3)cc2)CCOCC1. The van der Waals surface area contributed by atoms with Gasteiger partial charge in [-0.15, -0.1) is 0 Å². The summed E-state index contributed by atoms with van der Waals surface area (Å²) in [4.78, 5) is 17.0. The minimum absolute atomic E-state index is 0.361. The van der Waals surface area contributed by atoms with Gasteiger partial charge in [-0.25, -0.2) is 0 Å². The Morgan fingerprint density at radius 2 is 1.90 bits per heavy atom. The van der Waals surface area contributed by atoms with E-state index in [1.54, 1.807) is 24.3 Å². The summed E-state index contributed by atoms with van der Waals surface area (Å²) >= 11 is 0. The molecule has 3 aromatic rings. The number of nitrogens with one attached hydrogen (secondary N) is 1. The fourth-order valence-electron chi connectivity index (χ4n) is 3.51. The van der Waals surface area contributed by atoms with E-state index in [4.69, 9.17) is 19.6 Å². The molecular formula is C22H25N3O5S. The molecule has 0 radical (unpaired) electrons. The lowest BCUT2D eigenvalue weighted by atomic mass is 9.98. The van der Waals surface area contributed by atoms with E-state index in [9.17, 15) is 9.00 Å². The lowest BCUT2D eigenvalue weighted by Crippen LogP contribution is -2.51. The molecule has 1 aromatic heterocycles. The van der Waals surface area contributed by atoms with Gasteiger partial charge in [0.05, 0.1) is 17.4 Å². The standard InChI is InChI=1S/C22H25N3O5S/c23-20(26)22(10-14-28-15-11-22)31(27)17-8-6-16(7-9-17)29-13-3-12-24-21-25-18-4-1-2-5-19(18)30-21/h1-2,4-9H,3,10-15H2,(H2,23,26)(H,24,25). The number of hydrogen-bond donors (Lipinski definition) is 2. The van der Waals surface area contributed by atoms with E-state index < -0.39 is 21.5 Å². The summed E-state index contributed by atoms with van der Waals surface area (Å²) in [6.07, 6.45) is 1.47. The van der Waals surface area contributed by atoms with E-state index in [1.165, 1.54) is 0 Å². The zero-order chi connectivity index (χ0) is 21.7. The molecular weight excluding hydrogens is 418 g/mol. The fourth-order valence-corrected chi connectivity index (χ4v) is 5.07. The molecule has 1 atom stereocenters. The molecule has 4 rings (SSSR count). The van der Waals surface area contributed by atoms with Crippen LogP contribution >= 0.6 is 0 Å². The second-order valence-electron chi connectivity index (χ2n) is 7.33. The van der Waals surface area contributed by atoms with Crippen molar-refractivity contribution < 1.29 is 22.9 Å². The number of ether oxygens (including phenoxy) is 2. The van der Waals surface area contributed by atoms with E-state index in [-0.39, 0.29) is 0 Å². The van der Waals surface area contributed by atoms with Crippen LogP contribution in [0.25, 0.3) is 11.1 Å². The summed E-state index contributed by atoms with van der Waals surface area (Å²) in [5.41, 5.74) is 7.16. The van der Waals surface area contributed by atoms with Gasteiger partial charge in [-0.1, -0.05) is 12.1 Å². The Morgan fingerprint density at radius 1 is 1.16 bits per heavy atom. The van der Waals surface area contributed by atoms with Crippen molar-refractivity contribution in [2.24, 2.45) is 5.73 Å². The largest absolute Gasteiger partial charge is 0.494 e. The van der Waals surface area contributed by atoms with Crippen LogP contribution < -0.4 is 15.8 Å². The monoisotopic (exact) mass is 443 g/mol. The number of fused-ring (bicyclic) bond motifs is 1. The number of benzene rings is 2. The third-order valence-corrected chi connectivity index (χ3v) is 7.32. The van der Waals surface area contributed by atoms with Gasteiger partial charge in [0.2, 0.25) is 5.91 Å². The van der Waals surface area contributed by atoms with Gasteiger partial charge in [0.25, 0.3) is 6.01 Å². The van der Waals surface area contributed by atoms with E-state index in [2.05, 4.69) is 10.3 Å². The maximum absolute atomic E-state index is 13.1. The summed E-state index contributed by atoms with van der Waals surface area (Å²) in [6.45, 7) is 1.91. The topological polar surface area (TPSA) is 117 Å². The zero-order valence-corrected chi connectivity index (χ0v) is 17.9. The molecule has 2 heterocycles. The van der Waals surface area contributed by atoms with Gasteiger partial charge < -0.3 is 24.9 Å². The van der Waals surface area contributed by atoms with Crippen LogP contribution in [0.1, 0.15) is 19.3 Å². The molecule has 1 aliphatic rings. The van der Waals surface area contributed by atoms with E-state index in [0.717, 1.165) is 17.5 Å². The molecule has 1 fully saturated rings.